The third kappa shape index (κ3) is 5.57. The van der Waals surface area contributed by atoms with Gasteiger partial charge in [0.15, 0.2) is 6.61 Å². The molecule has 3 rings (SSSR count). The fourth-order valence-electron chi connectivity index (χ4n) is 3.65. The van der Waals surface area contributed by atoms with Crippen LogP contribution >= 0.6 is 0 Å². The van der Waals surface area contributed by atoms with Crippen molar-refractivity contribution in [3.63, 3.8) is 0 Å². The molecule has 1 aromatic carbocycles. The van der Waals surface area contributed by atoms with Crippen LogP contribution in [0.3, 0.4) is 0 Å². The largest absolute Gasteiger partial charge is 0.456 e. The third-order valence-electron chi connectivity index (χ3n) is 5.43. The molecule has 0 spiro atoms. The number of allylic oxidation sites excluding steroid dienone is 2. The third-order valence-corrected chi connectivity index (χ3v) is 5.43. The van der Waals surface area contributed by atoms with Crippen LogP contribution in [-0.4, -0.2) is 66.1 Å². The van der Waals surface area contributed by atoms with E-state index >= 15 is 0 Å². The maximum absolute atomic E-state index is 12.9. The minimum absolute atomic E-state index is 0.0897. The Kier molecular flexibility index (Phi) is 7.34. The molecule has 1 heterocycles. The fourth-order valence-corrected chi connectivity index (χ4v) is 3.65. The first kappa shape index (κ1) is 23.1. The average Bonchev–Trinajstić information content (AvgIpc) is 3.02. The number of likely N-dealkylation sites (tertiary alicyclic amines) is 1. The van der Waals surface area contributed by atoms with Gasteiger partial charge in [0.05, 0.1) is 24.8 Å². The van der Waals surface area contributed by atoms with E-state index in [9.17, 15) is 28.4 Å². The monoisotopic (exact) mass is 445 g/mol. The van der Waals surface area contributed by atoms with Crippen molar-refractivity contribution in [1.82, 2.24) is 9.80 Å². The highest BCUT2D eigenvalue weighted by Crippen LogP contribution is 2.34. The zero-order chi connectivity index (χ0) is 23.3. The Hall–Kier alpha value is -3.56. The van der Waals surface area contributed by atoms with E-state index in [2.05, 4.69) is 5.32 Å². The summed E-state index contributed by atoms with van der Waals surface area (Å²) in [5, 5.41) is 2.52. The van der Waals surface area contributed by atoms with E-state index in [0.29, 0.717) is 18.5 Å². The second kappa shape index (κ2) is 10.2. The quantitative estimate of drug-likeness (QED) is 0.364. The maximum Gasteiger partial charge on any atom is 0.308 e. The first-order valence-electron chi connectivity index (χ1n) is 10.2. The lowest BCUT2D eigenvalue weighted by Gasteiger charge is -2.17. The van der Waals surface area contributed by atoms with Crippen molar-refractivity contribution < 1.29 is 33.1 Å². The van der Waals surface area contributed by atoms with Crippen LogP contribution in [0.15, 0.2) is 36.4 Å². The molecule has 32 heavy (non-hydrogen) atoms. The fraction of sp³-hybridized carbons (Fsp3) is 0.409. The molecule has 1 fully saturated rings. The number of nitrogens with one attached hydrogen (secondary N) is 1. The van der Waals surface area contributed by atoms with E-state index in [1.165, 1.54) is 31.3 Å². The van der Waals surface area contributed by atoms with Crippen LogP contribution in [0.2, 0.25) is 0 Å². The first-order chi connectivity index (χ1) is 15.3. The Balaban J connectivity index is 1.38. The number of likely N-dealkylation sites (N-methyl/N-ethyl adjacent to an activating group) is 1. The van der Waals surface area contributed by atoms with Crippen LogP contribution in [0.25, 0.3) is 0 Å². The summed E-state index contributed by atoms with van der Waals surface area (Å²) in [4.78, 5) is 63.0. The van der Waals surface area contributed by atoms with Gasteiger partial charge in [0, 0.05) is 19.3 Å². The number of fused-ring (bicyclic) bond motifs is 1. The van der Waals surface area contributed by atoms with Gasteiger partial charge in [-0.15, -0.1) is 0 Å². The molecule has 0 radical (unpaired) electrons. The predicted molar refractivity (Wildman–Crippen MR) is 110 cm³/mol. The van der Waals surface area contributed by atoms with Gasteiger partial charge in [-0.1, -0.05) is 12.2 Å². The summed E-state index contributed by atoms with van der Waals surface area (Å²) in [5.41, 5.74) is 0.380. The predicted octanol–water partition coefficient (Wildman–Crippen LogP) is 1.11. The number of halogens is 1. The number of hydrogen-bond acceptors (Lipinski definition) is 6. The lowest BCUT2D eigenvalue weighted by molar-refractivity contribution is -0.152. The SMILES string of the molecule is CN(CC(=O)Nc1ccc(F)cc1)C(=O)COC(=O)CCN1C(=O)[C@H]2CC=CC[C@@H]2C1=O. The molecule has 2 atom stereocenters. The lowest BCUT2D eigenvalue weighted by atomic mass is 9.85. The van der Waals surface area contributed by atoms with Crippen molar-refractivity contribution in [2.75, 3.05) is 32.1 Å². The van der Waals surface area contributed by atoms with Crippen molar-refractivity contribution in [1.29, 1.82) is 0 Å². The number of benzene rings is 1. The van der Waals surface area contributed by atoms with E-state index in [1.54, 1.807) is 0 Å². The number of anilines is 1. The Bertz CT molecular complexity index is 919. The van der Waals surface area contributed by atoms with E-state index in [1.807, 2.05) is 12.2 Å². The zero-order valence-corrected chi connectivity index (χ0v) is 17.6. The molecule has 10 heteroatoms. The molecule has 0 bridgehead atoms. The number of ether oxygens (including phenoxy) is 1. The van der Waals surface area contributed by atoms with Gasteiger partial charge in [-0.2, -0.15) is 0 Å². The highest BCUT2D eigenvalue weighted by atomic mass is 19.1. The smallest absolute Gasteiger partial charge is 0.308 e. The molecule has 4 amide bonds. The number of hydrogen-bond donors (Lipinski definition) is 1. The molecule has 1 N–H and O–H groups in total. The van der Waals surface area contributed by atoms with Crippen molar-refractivity contribution in [3.8, 4) is 0 Å². The topological polar surface area (TPSA) is 113 Å². The number of imide groups is 1. The zero-order valence-electron chi connectivity index (χ0n) is 17.6. The summed E-state index contributed by atoms with van der Waals surface area (Å²) in [6.07, 6.45) is 4.59. The minimum Gasteiger partial charge on any atom is -0.456 e. The van der Waals surface area contributed by atoms with E-state index < -0.39 is 30.2 Å². The Labute approximate surface area is 184 Å². The molecule has 0 aromatic heterocycles. The summed E-state index contributed by atoms with van der Waals surface area (Å²) in [7, 11) is 1.37. The van der Waals surface area contributed by atoms with Crippen LogP contribution in [0.5, 0.6) is 0 Å². The Morgan fingerprint density at radius 3 is 2.28 bits per heavy atom. The van der Waals surface area contributed by atoms with Gasteiger partial charge in [-0.3, -0.25) is 28.9 Å². The van der Waals surface area contributed by atoms with Crippen LogP contribution in [0.1, 0.15) is 19.3 Å². The second-order valence-electron chi connectivity index (χ2n) is 7.70. The number of nitrogens with zero attached hydrogens (tertiary/aromatic N) is 2. The summed E-state index contributed by atoms with van der Waals surface area (Å²) in [6.45, 7) is -0.953. The highest BCUT2D eigenvalue weighted by Gasteiger charge is 2.46. The minimum atomic E-state index is -0.726. The highest BCUT2D eigenvalue weighted by molar-refractivity contribution is 6.05. The molecular formula is C22H24FN3O6. The Morgan fingerprint density at radius 2 is 1.69 bits per heavy atom. The van der Waals surface area contributed by atoms with E-state index in [-0.39, 0.29) is 43.2 Å². The van der Waals surface area contributed by atoms with Crippen LogP contribution < -0.4 is 5.32 Å². The number of carbonyl (C=O) groups is 5. The standard InChI is InChI=1S/C22H24FN3O6/c1-25(12-18(27)24-15-8-6-14(23)7-9-15)19(28)13-32-20(29)10-11-26-21(30)16-4-2-3-5-17(16)22(26)31/h2-3,6-9,16-17H,4-5,10-13H2,1H3,(H,24,27)/t16-,17-/m0/s1. The van der Waals surface area contributed by atoms with Crippen molar-refractivity contribution in [2.24, 2.45) is 11.8 Å². The van der Waals surface area contributed by atoms with Crippen molar-refractivity contribution >= 4 is 35.3 Å². The molecule has 0 unspecified atom stereocenters. The van der Waals surface area contributed by atoms with E-state index in [0.717, 1.165) is 9.80 Å². The molecule has 9 nitrogen and oxygen atoms in total. The molecule has 2 aliphatic rings. The number of amides is 4. The summed E-state index contributed by atoms with van der Waals surface area (Å²) >= 11 is 0. The normalized spacial score (nSPS) is 19.5. The summed E-state index contributed by atoms with van der Waals surface area (Å²) in [5.74, 6) is -3.54. The first-order valence-corrected chi connectivity index (χ1v) is 10.2. The summed E-state index contributed by atoms with van der Waals surface area (Å²) < 4.78 is 17.8. The summed E-state index contributed by atoms with van der Waals surface area (Å²) in [6, 6.07) is 5.16. The Morgan fingerprint density at radius 1 is 1.09 bits per heavy atom. The van der Waals surface area contributed by atoms with Gasteiger partial charge in [0.2, 0.25) is 17.7 Å². The molecular weight excluding hydrogens is 421 g/mol. The van der Waals surface area contributed by atoms with Crippen LogP contribution in [-0.2, 0) is 28.7 Å². The lowest BCUT2D eigenvalue weighted by Crippen LogP contribution is -2.38. The molecule has 1 aliphatic carbocycles. The number of carbonyl (C=O) groups excluding carboxylic acids is 5. The molecule has 0 saturated carbocycles. The van der Waals surface area contributed by atoms with Crippen molar-refractivity contribution in [3.05, 3.63) is 42.2 Å². The van der Waals surface area contributed by atoms with Crippen molar-refractivity contribution in [2.45, 2.75) is 19.3 Å². The van der Waals surface area contributed by atoms with E-state index in [4.69, 9.17) is 4.74 Å². The number of esters is 1. The van der Waals surface area contributed by atoms with Gasteiger partial charge >= 0.3 is 5.97 Å². The van der Waals surface area contributed by atoms with Gasteiger partial charge < -0.3 is 15.0 Å². The molecule has 1 aromatic rings. The van der Waals surface area contributed by atoms with Crippen LogP contribution in [0.4, 0.5) is 10.1 Å². The van der Waals surface area contributed by atoms with Crippen LogP contribution in [0, 0.1) is 17.7 Å². The molecule has 170 valence electrons. The van der Waals surface area contributed by atoms with Gasteiger partial charge in [-0.25, -0.2) is 4.39 Å². The number of rotatable bonds is 8. The molecule has 1 saturated heterocycles. The second-order valence-corrected chi connectivity index (χ2v) is 7.70. The molecule has 1 aliphatic heterocycles. The average molecular weight is 445 g/mol. The maximum atomic E-state index is 12.9. The van der Waals surface area contributed by atoms with Gasteiger partial charge in [0.25, 0.3) is 5.91 Å². The van der Waals surface area contributed by atoms with Gasteiger partial charge in [0.1, 0.15) is 5.82 Å². The van der Waals surface area contributed by atoms with Gasteiger partial charge in [-0.05, 0) is 37.1 Å².